The lowest BCUT2D eigenvalue weighted by Gasteiger charge is -2.10. The molecule has 5 nitrogen and oxygen atoms in total. The molecule has 0 aliphatic rings. The van der Waals surface area contributed by atoms with Crippen LogP contribution in [0.3, 0.4) is 0 Å². The number of carbonyl (C=O) groups is 1. The van der Waals surface area contributed by atoms with Crippen molar-refractivity contribution in [2.75, 3.05) is 13.6 Å². The molecule has 5 heteroatoms. The van der Waals surface area contributed by atoms with Gasteiger partial charge >= 0.3 is 0 Å². The van der Waals surface area contributed by atoms with Crippen LogP contribution in [0.25, 0.3) is 0 Å². The van der Waals surface area contributed by atoms with E-state index < -0.39 is 12.1 Å². The van der Waals surface area contributed by atoms with E-state index in [4.69, 9.17) is 5.11 Å². The third-order valence-corrected chi connectivity index (χ3v) is 3.19. The van der Waals surface area contributed by atoms with Gasteiger partial charge in [-0.2, -0.15) is 0 Å². The van der Waals surface area contributed by atoms with Crippen LogP contribution in [0.2, 0.25) is 0 Å². The molecule has 3 N–H and O–H groups in total. The van der Waals surface area contributed by atoms with Gasteiger partial charge in [-0.05, 0) is 31.1 Å². The highest BCUT2D eigenvalue weighted by Gasteiger charge is 2.06. The molecular formula is C18H22NO4-. The van der Waals surface area contributed by atoms with Crippen LogP contribution in [0.1, 0.15) is 29.8 Å². The van der Waals surface area contributed by atoms with Gasteiger partial charge < -0.3 is 25.4 Å². The molecule has 2 aromatic carbocycles. The number of benzene rings is 2. The average molecular weight is 316 g/mol. The lowest BCUT2D eigenvalue weighted by Crippen LogP contribution is -2.29. The molecule has 0 unspecified atom stereocenters. The van der Waals surface area contributed by atoms with Crippen LogP contribution in [0.4, 0.5) is 0 Å². The van der Waals surface area contributed by atoms with Crippen molar-refractivity contribution in [3.05, 3.63) is 71.8 Å². The summed E-state index contributed by atoms with van der Waals surface area (Å²) in [5.74, 6) is -1.48. The van der Waals surface area contributed by atoms with Crippen molar-refractivity contribution in [1.82, 2.24) is 5.32 Å². The molecule has 23 heavy (non-hydrogen) atoms. The van der Waals surface area contributed by atoms with Gasteiger partial charge in [0.25, 0.3) is 0 Å². The van der Waals surface area contributed by atoms with Crippen LogP contribution in [-0.2, 0) is 4.79 Å². The van der Waals surface area contributed by atoms with E-state index in [1.165, 1.54) is 12.1 Å². The van der Waals surface area contributed by atoms with Gasteiger partial charge in [0.15, 0.2) is 0 Å². The monoisotopic (exact) mass is 316 g/mol. The number of hydrogen-bond acceptors (Lipinski definition) is 5. The Labute approximate surface area is 136 Å². The van der Waals surface area contributed by atoms with Crippen LogP contribution in [0.5, 0.6) is 0 Å². The van der Waals surface area contributed by atoms with Crippen LogP contribution >= 0.6 is 0 Å². The Morgan fingerprint density at radius 2 is 1.48 bits per heavy atom. The van der Waals surface area contributed by atoms with Crippen LogP contribution < -0.4 is 10.4 Å². The van der Waals surface area contributed by atoms with Crippen molar-refractivity contribution >= 4 is 5.97 Å². The van der Waals surface area contributed by atoms with E-state index in [1.54, 1.807) is 18.2 Å². The van der Waals surface area contributed by atoms with Gasteiger partial charge in [-0.1, -0.05) is 60.7 Å². The zero-order chi connectivity index (χ0) is 17.1. The Morgan fingerprint density at radius 3 is 1.91 bits per heavy atom. The highest BCUT2D eigenvalue weighted by atomic mass is 16.4. The van der Waals surface area contributed by atoms with Crippen LogP contribution in [0.15, 0.2) is 60.7 Å². The summed E-state index contributed by atoms with van der Waals surface area (Å²) >= 11 is 0. The smallest absolute Gasteiger partial charge is 0.118 e. The molecule has 2 atom stereocenters. The lowest BCUT2D eigenvalue weighted by molar-refractivity contribution is -0.315. The van der Waals surface area contributed by atoms with Crippen LogP contribution in [-0.4, -0.2) is 29.8 Å². The molecule has 0 fully saturated rings. The van der Waals surface area contributed by atoms with Crippen molar-refractivity contribution < 1.29 is 20.1 Å². The summed E-state index contributed by atoms with van der Waals surface area (Å²) < 4.78 is 0. The SMILES string of the molecule is CNCC[C@@H](O)c1ccccc1.O=C([O-])[C@@H](O)c1ccccc1. The lowest BCUT2D eigenvalue weighted by atomic mass is 10.1. The molecule has 2 aromatic rings. The second kappa shape index (κ2) is 10.5. The first-order chi connectivity index (χ1) is 11.1. The molecule has 2 rings (SSSR count). The number of carboxylic acids is 1. The van der Waals surface area contributed by atoms with E-state index in [2.05, 4.69) is 5.32 Å². The fourth-order valence-corrected chi connectivity index (χ4v) is 1.89. The number of carboxylic acid groups (broad SMARTS) is 1. The number of aliphatic hydroxyl groups is 2. The fourth-order valence-electron chi connectivity index (χ4n) is 1.89. The molecule has 0 radical (unpaired) electrons. The third-order valence-electron chi connectivity index (χ3n) is 3.19. The quantitative estimate of drug-likeness (QED) is 0.733. The summed E-state index contributed by atoms with van der Waals surface area (Å²) in [6, 6.07) is 17.8. The van der Waals surface area contributed by atoms with E-state index in [9.17, 15) is 15.0 Å². The first-order valence-electron chi connectivity index (χ1n) is 7.37. The molecule has 0 spiro atoms. The third kappa shape index (κ3) is 7.06. The fraction of sp³-hybridized carbons (Fsp3) is 0.278. The molecule has 0 saturated heterocycles. The van der Waals surface area contributed by atoms with Crippen molar-refractivity contribution in [2.24, 2.45) is 0 Å². The second-order valence-corrected chi connectivity index (χ2v) is 4.95. The Hall–Kier alpha value is -2.21. The summed E-state index contributed by atoms with van der Waals surface area (Å²) in [6.45, 7) is 0.843. The molecule has 0 saturated carbocycles. The zero-order valence-corrected chi connectivity index (χ0v) is 13.1. The highest BCUT2D eigenvalue weighted by molar-refractivity contribution is 5.71. The normalized spacial score (nSPS) is 12.7. The summed E-state index contributed by atoms with van der Waals surface area (Å²) in [6.07, 6.45) is -1.09. The average Bonchev–Trinajstić information content (AvgIpc) is 2.61. The van der Waals surface area contributed by atoms with Gasteiger partial charge in [-0.3, -0.25) is 0 Å². The minimum Gasteiger partial charge on any atom is -0.547 e. The number of rotatable bonds is 6. The Bertz CT molecular complexity index is 560. The van der Waals surface area contributed by atoms with Gasteiger partial charge in [0.2, 0.25) is 0 Å². The second-order valence-electron chi connectivity index (χ2n) is 4.95. The van der Waals surface area contributed by atoms with Crippen molar-refractivity contribution in [3.8, 4) is 0 Å². The molecule has 0 aliphatic heterocycles. The molecule has 0 heterocycles. The van der Waals surface area contributed by atoms with Crippen molar-refractivity contribution in [2.45, 2.75) is 18.6 Å². The van der Waals surface area contributed by atoms with E-state index in [0.29, 0.717) is 5.56 Å². The van der Waals surface area contributed by atoms with Gasteiger partial charge in [-0.15, -0.1) is 0 Å². The van der Waals surface area contributed by atoms with Gasteiger partial charge in [0.05, 0.1) is 12.1 Å². The highest BCUT2D eigenvalue weighted by Crippen LogP contribution is 2.14. The van der Waals surface area contributed by atoms with E-state index in [0.717, 1.165) is 18.5 Å². The zero-order valence-electron chi connectivity index (χ0n) is 13.1. The summed E-state index contributed by atoms with van der Waals surface area (Å²) in [7, 11) is 1.89. The Kier molecular flexibility index (Phi) is 8.60. The number of aliphatic carboxylic acids is 1. The minimum absolute atomic E-state index is 0.335. The Balaban J connectivity index is 0.000000231. The predicted octanol–water partition coefficient (Wildman–Crippen LogP) is 0.799. The van der Waals surface area contributed by atoms with Gasteiger partial charge in [0, 0.05) is 0 Å². The molecule has 0 bridgehead atoms. The standard InChI is InChI=1S/C10H15NO.C8H8O3/c1-11-8-7-10(12)9-5-3-2-4-6-9;9-7(8(10)11)6-4-2-1-3-5-6/h2-6,10-12H,7-8H2,1H3;1-5,7,9H,(H,10,11)/p-1/t10-;7-/m10/s1. The molecular weight excluding hydrogens is 294 g/mol. The maximum Gasteiger partial charge on any atom is 0.118 e. The van der Waals surface area contributed by atoms with Crippen molar-refractivity contribution in [3.63, 3.8) is 0 Å². The van der Waals surface area contributed by atoms with E-state index in [1.807, 2.05) is 37.4 Å². The summed E-state index contributed by atoms with van der Waals surface area (Å²) in [4.78, 5) is 10.1. The number of aliphatic hydroxyl groups excluding tert-OH is 2. The summed E-state index contributed by atoms with van der Waals surface area (Å²) in [5, 5.41) is 31.7. The Morgan fingerprint density at radius 1 is 1.00 bits per heavy atom. The summed E-state index contributed by atoms with van der Waals surface area (Å²) in [5.41, 5.74) is 1.33. The maximum atomic E-state index is 10.1. The van der Waals surface area contributed by atoms with Crippen LogP contribution in [0, 0.1) is 0 Å². The first kappa shape index (κ1) is 18.8. The molecule has 124 valence electrons. The molecule has 0 aliphatic carbocycles. The van der Waals surface area contributed by atoms with E-state index in [-0.39, 0.29) is 6.10 Å². The largest absolute Gasteiger partial charge is 0.547 e. The van der Waals surface area contributed by atoms with E-state index >= 15 is 0 Å². The predicted molar refractivity (Wildman–Crippen MR) is 86.4 cm³/mol. The molecule has 0 aromatic heterocycles. The minimum atomic E-state index is -1.52. The number of carbonyl (C=O) groups excluding carboxylic acids is 1. The molecule has 0 amide bonds. The number of nitrogens with one attached hydrogen (secondary N) is 1. The topological polar surface area (TPSA) is 92.6 Å². The van der Waals surface area contributed by atoms with Gasteiger partial charge in [-0.25, -0.2) is 0 Å². The van der Waals surface area contributed by atoms with Gasteiger partial charge in [0.1, 0.15) is 6.10 Å². The number of hydrogen-bond donors (Lipinski definition) is 3. The first-order valence-corrected chi connectivity index (χ1v) is 7.37. The maximum absolute atomic E-state index is 10.1. The van der Waals surface area contributed by atoms with Crippen molar-refractivity contribution in [1.29, 1.82) is 0 Å².